The van der Waals surface area contributed by atoms with Crippen molar-refractivity contribution in [3.05, 3.63) is 28.1 Å². The molecule has 0 saturated heterocycles. The minimum absolute atomic E-state index is 0.0705. The van der Waals surface area contributed by atoms with E-state index in [9.17, 15) is 18.0 Å². The minimum Gasteiger partial charge on any atom is -0.465 e. The molecule has 2 heterocycles. The predicted octanol–water partition coefficient (Wildman–Crippen LogP) is 2.95. The summed E-state index contributed by atoms with van der Waals surface area (Å²) in [4.78, 5) is 11.5. The Morgan fingerprint density at radius 1 is 1.47 bits per heavy atom. The van der Waals surface area contributed by atoms with E-state index in [1.165, 1.54) is 25.6 Å². The summed E-state index contributed by atoms with van der Waals surface area (Å²) >= 11 is 1.03. The molecule has 0 aromatic carbocycles. The van der Waals surface area contributed by atoms with Gasteiger partial charge >= 0.3 is 12.1 Å². The van der Waals surface area contributed by atoms with Gasteiger partial charge in [0.05, 0.1) is 19.0 Å². The zero-order valence-corrected chi connectivity index (χ0v) is 10.8. The first-order valence-electron chi connectivity index (χ1n) is 5.11. The number of carbonyl (C=O) groups excluding carboxylic acids is 1. The number of rotatable bonds is 2. The van der Waals surface area contributed by atoms with Gasteiger partial charge in [0.1, 0.15) is 10.4 Å². The van der Waals surface area contributed by atoms with Crippen molar-refractivity contribution in [2.75, 3.05) is 7.11 Å². The number of nitrogens with zero attached hydrogens (tertiary/aromatic N) is 2. The van der Waals surface area contributed by atoms with Crippen molar-refractivity contribution in [2.24, 2.45) is 7.05 Å². The van der Waals surface area contributed by atoms with E-state index in [0.717, 1.165) is 22.2 Å². The van der Waals surface area contributed by atoms with Gasteiger partial charge in [-0.05, 0) is 6.07 Å². The molecule has 0 N–H and O–H groups in total. The highest BCUT2D eigenvalue weighted by Gasteiger charge is 2.36. The standard InChI is InChI=1S/C11H9F3N2O2S/c1-16-9(7(4-15-16)11(12,13)14)6-3-8(19-5-6)10(17)18-2/h3-5H,1-2H3. The third-order valence-electron chi connectivity index (χ3n) is 2.50. The van der Waals surface area contributed by atoms with Crippen molar-refractivity contribution in [3.63, 3.8) is 0 Å². The summed E-state index contributed by atoms with van der Waals surface area (Å²) in [6.45, 7) is 0. The maximum Gasteiger partial charge on any atom is 0.420 e. The van der Waals surface area contributed by atoms with Crippen LogP contribution in [-0.4, -0.2) is 22.9 Å². The topological polar surface area (TPSA) is 44.1 Å². The molecule has 0 aliphatic heterocycles. The summed E-state index contributed by atoms with van der Waals surface area (Å²) in [6, 6.07) is 1.36. The van der Waals surface area contributed by atoms with E-state index in [0.29, 0.717) is 0 Å². The Kier molecular flexibility index (Phi) is 3.36. The van der Waals surface area contributed by atoms with Crippen molar-refractivity contribution in [3.8, 4) is 11.3 Å². The van der Waals surface area contributed by atoms with Gasteiger partial charge in [-0.25, -0.2) is 4.79 Å². The Labute approximate surface area is 110 Å². The number of halogens is 3. The number of hydrogen-bond donors (Lipinski definition) is 0. The molecule has 0 aliphatic rings. The lowest BCUT2D eigenvalue weighted by atomic mass is 10.1. The van der Waals surface area contributed by atoms with Crippen LogP contribution < -0.4 is 0 Å². The molecule has 4 nitrogen and oxygen atoms in total. The summed E-state index contributed by atoms with van der Waals surface area (Å²) in [6.07, 6.45) is -3.72. The Bertz CT molecular complexity index is 616. The number of carbonyl (C=O) groups is 1. The zero-order chi connectivity index (χ0) is 14.2. The smallest absolute Gasteiger partial charge is 0.420 e. The Hall–Kier alpha value is -1.83. The van der Waals surface area contributed by atoms with E-state index in [4.69, 9.17) is 0 Å². The first-order valence-corrected chi connectivity index (χ1v) is 5.99. The van der Waals surface area contributed by atoms with Crippen molar-refractivity contribution >= 4 is 17.3 Å². The van der Waals surface area contributed by atoms with E-state index in [2.05, 4.69) is 9.84 Å². The molecule has 0 saturated carbocycles. The largest absolute Gasteiger partial charge is 0.465 e. The molecule has 2 aromatic rings. The van der Waals surface area contributed by atoms with Gasteiger partial charge in [-0.3, -0.25) is 4.68 Å². The van der Waals surface area contributed by atoms with Crippen molar-refractivity contribution < 1.29 is 22.7 Å². The second-order valence-electron chi connectivity index (χ2n) is 3.72. The van der Waals surface area contributed by atoms with E-state index >= 15 is 0 Å². The number of methoxy groups -OCH3 is 1. The summed E-state index contributed by atoms with van der Waals surface area (Å²) in [5.41, 5.74) is -0.610. The zero-order valence-electron chi connectivity index (χ0n) is 9.99. The molecule has 0 radical (unpaired) electrons. The van der Waals surface area contributed by atoms with Gasteiger partial charge in [0.15, 0.2) is 0 Å². The second-order valence-corrected chi connectivity index (χ2v) is 4.63. The van der Waals surface area contributed by atoms with E-state index < -0.39 is 17.7 Å². The van der Waals surface area contributed by atoms with Crippen molar-refractivity contribution in [2.45, 2.75) is 6.18 Å². The lowest BCUT2D eigenvalue weighted by Crippen LogP contribution is -2.06. The molecule has 0 aliphatic carbocycles. The molecule has 0 unspecified atom stereocenters. The Balaban J connectivity index is 2.50. The third-order valence-corrected chi connectivity index (χ3v) is 3.41. The predicted molar refractivity (Wildman–Crippen MR) is 62.9 cm³/mol. The molecular formula is C11H9F3N2O2S. The number of alkyl halides is 3. The molecule has 0 spiro atoms. The summed E-state index contributed by atoms with van der Waals surface area (Å²) in [7, 11) is 2.63. The third kappa shape index (κ3) is 2.48. The van der Waals surface area contributed by atoms with Gasteiger partial charge in [-0.15, -0.1) is 11.3 Å². The lowest BCUT2D eigenvalue weighted by Gasteiger charge is -2.07. The van der Waals surface area contributed by atoms with Crippen LogP contribution in [0.5, 0.6) is 0 Å². The van der Waals surface area contributed by atoms with Crippen LogP contribution >= 0.6 is 11.3 Å². The number of aryl methyl sites for hydroxylation is 1. The Morgan fingerprint density at radius 3 is 2.74 bits per heavy atom. The molecule has 8 heteroatoms. The van der Waals surface area contributed by atoms with Gasteiger partial charge in [-0.2, -0.15) is 18.3 Å². The fourth-order valence-corrected chi connectivity index (χ4v) is 2.46. The van der Waals surface area contributed by atoms with Crippen LogP contribution in [0.3, 0.4) is 0 Å². The monoisotopic (exact) mass is 290 g/mol. The number of aromatic nitrogens is 2. The van der Waals surface area contributed by atoms with Crippen LogP contribution in [0, 0.1) is 0 Å². The summed E-state index contributed by atoms with van der Waals surface area (Å²) in [5, 5.41) is 5.09. The Morgan fingerprint density at radius 2 is 2.16 bits per heavy atom. The fourth-order valence-electron chi connectivity index (χ4n) is 1.66. The molecule has 2 rings (SSSR count). The van der Waals surface area contributed by atoms with Crippen LogP contribution in [0.4, 0.5) is 13.2 Å². The van der Waals surface area contributed by atoms with Crippen LogP contribution in [-0.2, 0) is 18.0 Å². The van der Waals surface area contributed by atoms with E-state index in [1.807, 2.05) is 0 Å². The number of ether oxygens (including phenoxy) is 1. The quantitative estimate of drug-likeness (QED) is 0.799. The van der Waals surface area contributed by atoms with Crippen LogP contribution in [0.15, 0.2) is 17.6 Å². The molecule has 2 aromatic heterocycles. The number of esters is 1. The van der Waals surface area contributed by atoms with Gasteiger partial charge in [-0.1, -0.05) is 0 Å². The van der Waals surface area contributed by atoms with Gasteiger partial charge < -0.3 is 4.74 Å². The number of thiophene rings is 1. The molecule has 0 fully saturated rings. The van der Waals surface area contributed by atoms with Crippen molar-refractivity contribution in [1.82, 2.24) is 9.78 Å². The highest BCUT2D eigenvalue weighted by atomic mass is 32.1. The minimum atomic E-state index is -4.49. The molecule has 0 amide bonds. The lowest BCUT2D eigenvalue weighted by molar-refractivity contribution is -0.137. The molecule has 19 heavy (non-hydrogen) atoms. The van der Waals surface area contributed by atoms with Crippen LogP contribution in [0.1, 0.15) is 15.2 Å². The normalized spacial score (nSPS) is 11.6. The van der Waals surface area contributed by atoms with Gasteiger partial charge in [0, 0.05) is 18.0 Å². The van der Waals surface area contributed by atoms with Gasteiger partial charge in [0.2, 0.25) is 0 Å². The first kappa shape index (κ1) is 13.6. The van der Waals surface area contributed by atoms with E-state index in [1.54, 1.807) is 0 Å². The fraction of sp³-hybridized carbons (Fsp3) is 0.273. The first-order chi connectivity index (χ1) is 8.84. The second kappa shape index (κ2) is 4.69. The van der Waals surface area contributed by atoms with Crippen molar-refractivity contribution in [1.29, 1.82) is 0 Å². The SMILES string of the molecule is COC(=O)c1cc(-c2c(C(F)(F)F)cnn2C)cs1. The molecule has 0 bridgehead atoms. The maximum absolute atomic E-state index is 12.8. The summed E-state index contributed by atoms with van der Waals surface area (Å²) in [5.74, 6) is -0.577. The average Bonchev–Trinajstić information content (AvgIpc) is 2.92. The molecular weight excluding hydrogens is 281 g/mol. The highest BCUT2D eigenvalue weighted by molar-refractivity contribution is 7.12. The van der Waals surface area contributed by atoms with Crippen LogP contribution in [0.25, 0.3) is 11.3 Å². The van der Waals surface area contributed by atoms with Crippen LogP contribution in [0.2, 0.25) is 0 Å². The molecule has 0 atom stereocenters. The molecule has 102 valence electrons. The number of hydrogen-bond acceptors (Lipinski definition) is 4. The van der Waals surface area contributed by atoms with Gasteiger partial charge in [0.25, 0.3) is 0 Å². The summed E-state index contributed by atoms with van der Waals surface area (Å²) < 4.78 is 44.2. The average molecular weight is 290 g/mol. The highest BCUT2D eigenvalue weighted by Crippen LogP contribution is 2.38. The maximum atomic E-state index is 12.8. The van der Waals surface area contributed by atoms with E-state index in [-0.39, 0.29) is 16.1 Å².